The van der Waals surface area contributed by atoms with E-state index in [1.165, 1.54) is 11.3 Å². The van der Waals surface area contributed by atoms with Crippen LogP contribution in [0.2, 0.25) is 0 Å². The first-order chi connectivity index (χ1) is 8.20. The molecule has 2 aromatic rings. The minimum absolute atomic E-state index is 0.352. The van der Waals surface area contributed by atoms with Crippen molar-refractivity contribution in [2.75, 3.05) is 7.05 Å². The summed E-state index contributed by atoms with van der Waals surface area (Å²) in [5, 5.41) is 3.26. The molecule has 90 valence electrons. The predicted octanol–water partition coefficient (Wildman–Crippen LogP) is 2.97. The Labute approximate surface area is 110 Å². The minimum Gasteiger partial charge on any atom is -0.346 e. The number of halogens is 1. The molecule has 0 aliphatic rings. The first-order valence-corrected chi connectivity index (χ1v) is 6.41. The van der Waals surface area contributed by atoms with Crippen molar-refractivity contribution in [2.45, 2.75) is 19.5 Å². The highest BCUT2D eigenvalue weighted by atomic mass is 79.9. The van der Waals surface area contributed by atoms with E-state index >= 15 is 0 Å². The summed E-state index contributed by atoms with van der Waals surface area (Å²) >= 11 is 3.44. The Hall–Kier alpha value is -1.13. The largest absolute Gasteiger partial charge is 0.346 e. The quantitative estimate of drug-likeness (QED) is 0.939. The number of nitrogens with one attached hydrogen (secondary N) is 1. The summed E-state index contributed by atoms with van der Waals surface area (Å²) in [5.41, 5.74) is 2.48. The van der Waals surface area contributed by atoms with Crippen molar-refractivity contribution < 1.29 is 0 Å². The van der Waals surface area contributed by atoms with Crippen molar-refractivity contribution in [1.82, 2.24) is 14.9 Å². The average Bonchev–Trinajstić information content (AvgIpc) is 2.76. The summed E-state index contributed by atoms with van der Waals surface area (Å²) in [5.74, 6) is 0. The molecule has 1 N–H and O–H groups in total. The highest BCUT2D eigenvalue weighted by Crippen LogP contribution is 2.16. The molecular formula is C13H16BrN3. The average molecular weight is 294 g/mol. The summed E-state index contributed by atoms with van der Waals surface area (Å²) in [6.07, 6.45) is 5.80. The van der Waals surface area contributed by atoms with E-state index in [0.717, 1.165) is 11.0 Å². The zero-order valence-corrected chi connectivity index (χ0v) is 11.6. The zero-order chi connectivity index (χ0) is 12.3. The zero-order valence-electron chi connectivity index (χ0n) is 10.0. The molecular weight excluding hydrogens is 278 g/mol. The Morgan fingerprint density at radius 3 is 3.00 bits per heavy atom. The fraction of sp³-hybridized carbons (Fsp3) is 0.308. The molecule has 0 radical (unpaired) electrons. The molecule has 4 heteroatoms. The Balaban J connectivity index is 2.22. The van der Waals surface area contributed by atoms with Crippen molar-refractivity contribution >= 4 is 15.9 Å². The monoisotopic (exact) mass is 293 g/mol. The van der Waals surface area contributed by atoms with Gasteiger partial charge in [0.2, 0.25) is 0 Å². The second-order valence-electron chi connectivity index (χ2n) is 4.08. The first-order valence-electron chi connectivity index (χ1n) is 5.62. The van der Waals surface area contributed by atoms with E-state index in [1.54, 1.807) is 6.20 Å². The molecule has 3 nitrogen and oxygen atoms in total. The van der Waals surface area contributed by atoms with Gasteiger partial charge in [-0.25, -0.2) is 0 Å². The van der Waals surface area contributed by atoms with E-state index in [1.807, 2.05) is 13.2 Å². The summed E-state index contributed by atoms with van der Waals surface area (Å²) in [6.45, 7) is 3.01. The van der Waals surface area contributed by atoms with E-state index in [4.69, 9.17) is 0 Å². The van der Waals surface area contributed by atoms with Crippen molar-refractivity contribution in [3.8, 4) is 0 Å². The van der Waals surface area contributed by atoms with Crippen LogP contribution >= 0.6 is 15.9 Å². The van der Waals surface area contributed by atoms with Crippen LogP contribution in [0.1, 0.15) is 24.2 Å². The summed E-state index contributed by atoms with van der Waals surface area (Å²) in [7, 11) is 1.97. The van der Waals surface area contributed by atoms with Crippen LogP contribution in [-0.2, 0) is 6.54 Å². The highest BCUT2D eigenvalue weighted by Gasteiger charge is 2.08. The van der Waals surface area contributed by atoms with Crippen LogP contribution in [-0.4, -0.2) is 16.6 Å². The lowest BCUT2D eigenvalue weighted by molar-refractivity contribution is 0.589. The molecule has 0 aliphatic carbocycles. The molecule has 0 saturated carbocycles. The number of hydrogen-bond donors (Lipinski definition) is 1. The second kappa shape index (κ2) is 5.47. The normalized spacial score (nSPS) is 12.6. The second-order valence-corrected chi connectivity index (χ2v) is 5.00. The molecule has 1 unspecified atom stereocenters. The molecule has 2 aromatic heterocycles. The maximum Gasteiger partial charge on any atom is 0.0489 e. The SMILES string of the molecule is CNC(C)c1cccn1Cc1cncc(Br)c1. The van der Waals surface area contributed by atoms with Gasteiger partial charge in [-0.2, -0.15) is 0 Å². The summed E-state index contributed by atoms with van der Waals surface area (Å²) < 4.78 is 3.26. The maximum absolute atomic E-state index is 4.18. The van der Waals surface area contributed by atoms with Crippen LogP contribution in [0.5, 0.6) is 0 Å². The number of hydrogen-bond acceptors (Lipinski definition) is 2. The lowest BCUT2D eigenvalue weighted by Crippen LogP contribution is -2.16. The van der Waals surface area contributed by atoms with E-state index < -0.39 is 0 Å². The molecule has 0 fully saturated rings. The van der Waals surface area contributed by atoms with Crippen LogP contribution in [0.4, 0.5) is 0 Å². The van der Waals surface area contributed by atoms with Gasteiger partial charge in [-0.15, -0.1) is 0 Å². The fourth-order valence-corrected chi connectivity index (χ4v) is 2.26. The number of pyridine rings is 1. The van der Waals surface area contributed by atoms with Gasteiger partial charge in [0.15, 0.2) is 0 Å². The Morgan fingerprint density at radius 2 is 2.29 bits per heavy atom. The van der Waals surface area contributed by atoms with E-state index in [-0.39, 0.29) is 0 Å². The Bertz CT molecular complexity index is 493. The molecule has 0 amide bonds. The summed E-state index contributed by atoms with van der Waals surface area (Å²) in [4.78, 5) is 4.18. The van der Waals surface area contributed by atoms with Crippen molar-refractivity contribution in [3.05, 3.63) is 52.5 Å². The van der Waals surface area contributed by atoms with Gasteiger partial charge in [0.1, 0.15) is 0 Å². The van der Waals surface area contributed by atoms with Crippen LogP contribution in [0.15, 0.2) is 41.3 Å². The third-order valence-electron chi connectivity index (χ3n) is 2.86. The van der Waals surface area contributed by atoms with E-state index in [9.17, 15) is 0 Å². The van der Waals surface area contributed by atoms with E-state index in [2.05, 4.69) is 62.1 Å². The van der Waals surface area contributed by atoms with E-state index in [0.29, 0.717) is 6.04 Å². The lowest BCUT2D eigenvalue weighted by atomic mass is 10.2. The summed E-state index contributed by atoms with van der Waals surface area (Å²) in [6, 6.07) is 6.67. The number of rotatable bonds is 4. The Kier molecular flexibility index (Phi) is 3.97. The standard InChI is InChI=1S/C13H16BrN3/c1-10(15-2)13-4-3-5-17(13)9-11-6-12(14)8-16-7-11/h3-8,10,15H,9H2,1-2H3. The molecule has 17 heavy (non-hydrogen) atoms. The van der Waals surface area contributed by atoms with Crippen molar-refractivity contribution in [3.63, 3.8) is 0 Å². The number of aromatic nitrogens is 2. The van der Waals surface area contributed by atoms with Gasteiger partial charge in [-0.05, 0) is 53.7 Å². The number of nitrogens with zero attached hydrogens (tertiary/aromatic N) is 2. The van der Waals surface area contributed by atoms with Crippen LogP contribution < -0.4 is 5.32 Å². The van der Waals surface area contributed by atoms with Crippen LogP contribution in [0.25, 0.3) is 0 Å². The molecule has 0 spiro atoms. The van der Waals surface area contributed by atoms with Crippen LogP contribution in [0, 0.1) is 0 Å². The maximum atomic E-state index is 4.18. The Morgan fingerprint density at radius 1 is 1.47 bits per heavy atom. The lowest BCUT2D eigenvalue weighted by Gasteiger charge is -2.15. The van der Waals surface area contributed by atoms with Crippen LogP contribution in [0.3, 0.4) is 0 Å². The molecule has 0 aliphatic heterocycles. The third kappa shape index (κ3) is 2.96. The van der Waals surface area contributed by atoms with Gasteiger partial charge >= 0.3 is 0 Å². The molecule has 0 saturated heterocycles. The highest BCUT2D eigenvalue weighted by molar-refractivity contribution is 9.10. The van der Waals surface area contributed by atoms with Crippen molar-refractivity contribution in [1.29, 1.82) is 0 Å². The molecule has 0 bridgehead atoms. The van der Waals surface area contributed by atoms with Gasteiger partial charge in [0.05, 0.1) is 0 Å². The molecule has 1 atom stereocenters. The predicted molar refractivity (Wildman–Crippen MR) is 72.9 cm³/mol. The van der Waals surface area contributed by atoms with Crippen molar-refractivity contribution in [2.24, 2.45) is 0 Å². The van der Waals surface area contributed by atoms with Gasteiger partial charge in [0, 0.05) is 41.3 Å². The molecule has 0 aromatic carbocycles. The molecule has 2 heterocycles. The minimum atomic E-state index is 0.352. The third-order valence-corrected chi connectivity index (χ3v) is 3.29. The topological polar surface area (TPSA) is 29.9 Å². The van der Waals surface area contributed by atoms with Gasteiger partial charge in [-0.1, -0.05) is 0 Å². The first kappa shape index (κ1) is 12.3. The van der Waals surface area contributed by atoms with Gasteiger partial charge in [0.25, 0.3) is 0 Å². The molecule has 2 rings (SSSR count). The van der Waals surface area contributed by atoms with Gasteiger partial charge < -0.3 is 9.88 Å². The smallest absolute Gasteiger partial charge is 0.0489 e. The van der Waals surface area contributed by atoms with Gasteiger partial charge in [-0.3, -0.25) is 4.98 Å². The fourth-order valence-electron chi connectivity index (χ4n) is 1.85.